The minimum Gasteiger partial charge on any atom is -0.478 e. The number of aromatic nitrogens is 3. The second-order valence-electron chi connectivity index (χ2n) is 8.06. The molecule has 0 spiro atoms. The third-order valence-corrected chi connectivity index (χ3v) is 6.44. The molecule has 0 saturated heterocycles. The first-order valence-corrected chi connectivity index (χ1v) is 11.6. The summed E-state index contributed by atoms with van der Waals surface area (Å²) >= 11 is 1.81. The number of ether oxygens (including phenoxy) is 1. The molecule has 1 unspecified atom stereocenters. The summed E-state index contributed by atoms with van der Waals surface area (Å²) in [5, 5.41) is 4.50. The maximum absolute atomic E-state index is 5.58. The van der Waals surface area contributed by atoms with Crippen LogP contribution in [0.25, 0.3) is 21.3 Å². The van der Waals surface area contributed by atoms with Crippen molar-refractivity contribution in [2.45, 2.75) is 33.4 Å². The molecule has 1 N–H and O–H groups in total. The number of aryl methyl sites for hydroxylation is 1. The van der Waals surface area contributed by atoms with Crippen LogP contribution in [0.2, 0.25) is 0 Å². The Balaban J connectivity index is 1.62. The normalized spacial score (nSPS) is 12.3. The molecule has 4 aromatic rings. The molecule has 166 valence electrons. The topological polar surface area (TPSA) is 63.2 Å². The van der Waals surface area contributed by atoms with Crippen molar-refractivity contribution in [3.63, 3.8) is 0 Å². The van der Waals surface area contributed by atoms with Crippen molar-refractivity contribution < 1.29 is 4.74 Å². The number of benzene rings is 1. The van der Waals surface area contributed by atoms with Crippen LogP contribution in [0.15, 0.2) is 48.7 Å². The Morgan fingerprint density at radius 2 is 1.94 bits per heavy atom. The molecule has 0 saturated carbocycles. The fourth-order valence-electron chi connectivity index (χ4n) is 3.71. The number of anilines is 1. The van der Waals surface area contributed by atoms with E-state index < -0.39 is 0 Å². The molecule has 3 heterocycles. The Kier molecular flexibility index (Phi) is 6.67. The SMILES string of the molecule is CCOc1cc2c(NC(C)c3ccc(-c4ccccc4CN(C)C)s3)nc(C)nc2cn1. The van der Waals surface area contributed by atoms with Gasteiger partial charge in [-0.25, -0.2) is 15.0 Å². The summed E-state index contributed by atoms with van der Waals surface area (Å²) < 4.78 is 5.58. The van der Waals surface area contributed by atoms with Gasteiger partial charge in [-0.05, 0) is 58.1 Å². The van der Waals surface area contributed by atoms with E-state index in [0.717, 1.165) is 23.3 Å². The summed E-state index contributed by atoms with van der Waals surface area (Å²) in [5.74, 6) is 2.09. The van der Waals surface area contributed by atoms with Gasteiger partial charge in [-0.3, -0.25) is 0 Å². The van der Waals surface area contributed by atoms with Crippen LogP contribution in [0, 0.1) is 6.92 Å². The Morgan fingerprint density at radius 3 is 2.72 bits per heavy atom. The van der Waals surface area contributed by atoms with Crippen molar-refractivity contribution in [2.24, 2.45) is 0 Å². The number of nitrogens with one attached hydrogen (secondary N) is 1. The van der Waals surface area contributed by atoms with E-state index in [2.05, 4.69) is 82.6 Å². The largest absolute Gasteiger partial charge is 0.478 e. The van der Waals surface area contributed by atoms with Crippen LogP contribution in [0.4, 0.5) is 5.82 Å². The maximum Gasteiger partial charge on any atom is 0.214 e. The van der Waals surface area contributed by atoms with Crippen LogP contribution in [-0.2, 0) is 6.54 Å². The first-order valence-electron chi connectivity index (χ1n) is 10.8. The molecule has 1 aromatic carbocycles. The summed E-state index contributed by atoms with van der Waals surface area (Å²) in [6.45, 7) is 7.49. The molecular weight excluding hydrogens is 418 g/mol. The second kappa shape index (κ2) is 9.63. The molecule has 32 heavy (non-hydrogen) atoms. The lowest BCUT2D eigenvalue weighted by Gasteiger charge is -2.16. The Morgan fingerprint density at radius 1 is 1.12 bits per heavy atom. The number of rotatable bonds is 8. The molecule has 0 bridgehead atoms. The van der Waals surface area contributed by atoms with Crippen molar-refractivity contribution in [1.82, 2.24) is 19.9 Å². The van der Waals surface area contributed by atoms with Gasteiger partial charge in [-0.15, -0.1) is 11.3 Å². The molecule has 4 rings (SSSR count). The minimum absolute atomic E-state index is 0.0935. The van der Waals surface area contributed by atoms with Gasteiger partial charge < -0.3 is 15.0 Å². The monoisotopic (exact) mass is 447 g/mol. The summed E-state index contributed by atoms with van der Waals surface area (Å²) in [6.07, 6.45) is 1.75. The molecule has 6 nitrogen and oxygen atoms in total. The van der Waals surface area contributed by atoms with E-state index in [1.165, 1.54) is 20.9 Å². The van der Waals surface area contributed by atoms with Gasteiger partial charge in [0.2, 0.25) is 5.88 Å². The highest BCUT2D eigenvalue weighted by molar-refractivity contribution is 7.15. The quantitative estimate of drug-likeness (QED) is 0.374. The highest BCUT2D eigenvalue weighted by atomic mass is 32.1. The zero-order valence-electron chi connectivity index (χ0n) is 19.2. The van der Waals surface area contributed by atoms with E-state index in [4.69, 9.17) is 4.74 Å². The third-order valence-electron chi connectivity index (χ3n) is 5.14. The fraction of sp³-hybridized carbons (Fsp3) is 0.320. The predicted molar refractivity (Wildman–Crippen MR) is 132 cm³/mol. The van der Waals surface area contributed by atoms with E-state index in [9.17, 15) is 0 Å². The molecule has 3 aromatic heterocycles. The van der Waals surface area contributed by atoms with Gasteiger partial charge in [0.15, 0.2) is 0 Å². The van der Waals surface area contributed by atoms with E-state index in [1.54, 1.807) is 6.20 Å². The Hall–Kier alpha value is -3.03. The Bertz CT molecular complexity index is 1220. The van der Waals surface area contributed by atoms with Crippen LogP contribution in [0.3, 0.4) is 0 Å². The lowest BCUT2D eigenvalue weighted by molar-refractivity contribution is 0.327. The first-order chi connectivity index (χ1) is 15.4. The van der Waals surface area contributed by atoms with Gasteiger partial charge in [-0.2, -0.15) is 0 Å². The average molecular weight is 448 g/mol. The van der Waals surface area contributed by atoms with E-state index in [-0.39, 0.29) is 6.04 Å². The van der Waals surface area contributed by atoms with Crippen LogP contribution in [0.1, 0.15) is 36.2 Å². The smallest absolute Gasteiger partial charge is 0.214 e. The van der Waals surface area contributed by atoms with Crippen molar-refractivity contribution in [3.8, 4) is 16.3 Å². The summed E-state index contributed by atoms with van der Waals surface area (Å²) in [5.41, 5.74) is 3.43. The van der Waals surface area contributed by atoms with Crippen LogP contribution in [0.5, 0.6) is 5.88 Å². The first kappa shape index (κ1) is 22.2. The summed E-state index contributed by atoms with van der Waals surface area (Å²) in [7, 11) is 4.20. The lowest BCUT2D eigenvalue weighted by Crippen LogP contribution is -2.11. The Labute approximate surface area is 193 Å². The van der Waals surface area contributed by atoms with Gasteiger partial charge in [0.25, 0.3) is 0 Å². The van der Waals surface area contributed by atoms with Gasteiger partial charge in [-0.1, -0.05) is 24.3 Å². The predicted octanol–water partition coefficient (Wildman–Crippen LogP) is 5.70. The van der Waals surface area contributed by atoms with E-state index >= 15 is 0 Å². The van der Waals surface area contributed by atoms with Crippen LogP contribution < -0.4 is 10.1 Å². The van der Waals surface area contributed by atoms with Crippen molar-refractivity contribution in [3.05, 3.63) is 64.9 Å². The second-order valence-corrected chi connectivity index (χ2v) is 9.17. The molecule has 1 atom stereocenters. The van der Waals surface area contributed by atoms with E-state index in [0.29, 0.717) is 18.3 Å². The van der Waals surface area contributed by atoms with E-state index in [1.807, 2.05) is 31.3 Å². The molecule has 0 aliphatic carbocycles. The highest BCUT2D eigenvalue weighted by Gasteiger charge is 2.15. The standard InChI is InChI=1S/C25H29N5OS/c1-6-31-24-13-20-21(14-26-24)28-17(3)29-25(20)27-16(2)22-11-12-23(32-22)19-10-8-7-9-18(19)15-30(4)5/h7-14,16H,6,15H2,1-5H3,(H,27,28,29). The van der Waals surface area contributed by atoms with Crippen LogP contribution in [-0.4, -0.2) is 40.6 Å². The third kappa shape index (κ3) is 4.89. The molecule has 0 fully saturated rings. The zero-order chi connectivity index (χ0) is 22.7. The average Bonchev–Trinajstić information content (AvgIpc) is 3.24. The van der Waals surface area contributed by atoms with Gasteiger partial charge in [0.05, 0.1) is 24.4 Å². The highest BCUT2D eigenvalue weighted by Crippen LogP contribution is 2.35. The van der Waals surface area contributed by atoms with Crippen molar-refractivity contribution >= 4 is 28.1 Å². The molecule has 0 aliphatic heterocycles. The maximum atomic E-state index is 5.58. The zero-order valence-corrected chi connectivity index (χ0v) is 20.0. The number of hydrogen-bond donors (Lipinski definition) is 1. The van der Waals surface area contributed by atoms with Crippen LogP contribution >= 0.6 is 11.3 Å². The van der Waals surface area contributed by atoms with Gasteiger partial charge >= 0.3 is 0 Å². The van der Waals surface area contributed by atoms with Crippen molar-refractivity contribution in [1.29, 1.82) is 0 Å². The molecule has 7 heteroatoms. The number of nitrogens with zero attached hydrogens (tertiary/aromatic N) is 4. The summed E-state index contributed by atoms with van der Waals surface area (Å²) in [6, 6.07) is 15.0. The number of hydrogen-bond acceptors (Lipinski definition) is 7. The number of pyridine rings is 1. The number of thiophene rings is 1. The summed E-state index contributed by atoms with van der Waals surface area (Å²) in [4.78, 5) is 18.3. The van der Waals surface area contributed by atoms with Crippen molar-refractivity contribution in [2.75, 3.05) is 26.0 Å². The van der Waals surface area contributed by atoms with Gasteiger partial charge in [0, 0.05) is 27.8 Å². The van der Waals surface area contributed by atoms with Gasteiger partial charge in [0.1, 0.15) is 11.6 Å². The minimum atomic E-state index is 0.0935. The molecule has 0 radical (unpaired) electrons. The molecule has 0 amide bonds. The lowest BCUT2D eigenvalue weighted by atomic mass is 10.1. The molecular formula is C25H29N5OS. The fourth-order valence-corrected chi connectivity index (χ4v) is 4.78. The number of fused-ring (bicyclic) bond motifs is 1. The molecule has 0 aliphatic rings.